The van der Waals surface area contributed by atoms with Gasteiger partial charge in [-0.05, 0) is 55.5 Å². The van der Waals surface area contributed by atoms with Crippen molar-refractivity contribution in [2.75, 3.05) is 26.6 Å². The number of para-hydroxylation sites is 1. The topological polar surface area (TPSA) is 86.3 Å². The predicted octanol–water partition coefficient (Wildman–Crippen LogP) is 4.27. The Kier molecular flexibility index (Phi) is 7.10. The van der Waals surface area contributed by atoms with Crippen molar-refractivity contribution < 1.29 is 28.5 Å². The first-order valence-electron chi connectivity index (χ1n) is 11.2. The van der Waals surface area contributed by atoms with Crippen molar-refractivity contribution >= 4 is 17.5 Å². The Morgan fingerprint density at radius 2 is 1.80 bits per heavy atom. The molecule has 8 nitrogen and oxygen atoms in total. The number of hydrogen-bond donors (Lipinski definition) is 1. The summed E-state index contributed by atoms with van der Waals surface area (Å²) in [5, 5.41) is 2.91. The number of anilines is 1. The van der Waals surface area contributed by atoms with Gasteiger partial charge in [0.05, 0.1) is 21.3 Å². The highest BCUT2D eigenvalue weighted by Gasteiger charge is 2.29. The minimum atomic E-state index is -0.660. The first kappa shape index (κ1) is 23.9. The largest absolute Gasteiger partial charge is 0.497 e. The number of nitrogens with one attached hydrogen (secondary N) is 1. The van der Waals surface area contributed by atoms with Crippen LogP contribution in [0.1, 0.15) is 28.4 Å². The Balaban J connectivity index is 1.58. The molecule has 1 aliphatic heterocycles. The van der Waals surface area contributed by atoms with Crippen molar-refractivity contribution in [2.45, 2.75) is 26.1 Å². The molecule has 0 bridgehead atoms. The number of amides is 2. The first-order valence-corrected chi connectivity index (χ1v) is 11.2. The number of fused-ring (bicyclic) bond motifs is 1. The molecule has 0 unspecified atom stereocenters. The van der Waals surface area contributed by atoms with E-state index in [1.165, 1.54) is 0 Å². The van der Waals surface area contributed by atoms with E-state index in [0.29, 0.717) is 47.3 Å². The van der Waals surface area contributed by atoms with Crippen molar-refractivity contribution in [1.29, 1.82) is 0 Å². The fourth-order valence-corrected chi connectivity index (χ4v) is 4.04. The molecule has 1 N–H and O–H groups in total. The van der Waals surface area contributed by atoms with Gasteiger partial charge in [0.1, 0.15) is 11.5 Å². The molecule has 0 aromatic heterocycles. The summed E-state index contributed by atoms with van der Waals surface area (Å²) < 4.78 is 22.0. The third-order valence-electron chi connectivity index (χ3n) is 5.84. The lowest BCUT2D eigenvalue weighted by Gasteiger charge is -2.24. The lowest BCUT2D eigenvalue weighted by atomic mass is 10.1. The molecule has 3 aromatic rings. The first-order chi connectivity index (χ1) is 16.9. The molecule has 3 aromatic carbocycles. The molecule has 1 atom stereocenters. The van der Waals surface area contributed by atoms with Crippen LogP contribution in [0.4, 0.5) is 5.69 Å². The average molecular weight is 477 g/mol. The van der Waals surface area contributed by atoms with Gasteiger partial charge >= 0.3 is 0 Å². The number of benzene rings is 3. The van der Waals surface area contributed by atoms with Crippen molar-refractivity contribution in [3.05, 3.63) is 77.4 Å². The number of hydrogen-bond acceptors (Lipinski definition) is 6. The molecule has 0 spiro atoms. The van der Waals surface area contributed by atoms with Crippen LogP contribution >= 0.6 is 0 Å². The molecule has 2 amide bonds. The third kappa shape index (κ3) is 5.16. The van der Waals surface area contributed by atoms with E-state index in [-0.39, 0.29) is 11.8 Å². The quantitative estimate of drug-likeness (QED) is 0.548. The second-order valence-electron chi connectivity index (χ2n) is 8.11. The van der Waals surface area contributed by atoms with Gasteiger partial charge in [-0.1, -0.05) is 12.1 Å². The number of carbonyl (C=O) groups is 2. The van der Waals surface area contributed by atoms with Crippen molar-refractivity contribution in [3.8, 4) is 23.0 Å². The van der Waals surface area contributed by atoms with E-state index in [4.69, 9.17) is 18.9 Å². The highest BCUT2D eigenvalue weighted by molar-refractivity contribution is 6.04. The highest BCUT2D eigenvalue weighted by atomic mass is 16.5. The molecule has 1 aliphatic rings. The van der Waals surface area contributed by atoms with E-state index in [2.05, 4.69) is 5.32 Å². The van der Waals surface area contributed by atoms with Gasteiger partial charge in [0.25, 0.3) is 11.8 Å². The summed E-state index contributed by atoms with van der Waals surface area (Å²) in [6, 6.07) is 17.8. The van der Waals surface area contributed by atoms with Crippen LogP contribution in [-0.4, -0.2) is 44.1 Å². The van der Waals surface area contributed by atoms with Crippen LogP contribution < -0.4 is 24.3 Å². The van der Waals surface area contributed by atoms with E-state index in [0.717, 1.165) is 11.1 Å². The monoisotopic (exact) mass is 476 g/mol. The van der Waals surface area contributed by atoms with Crippen LogP contribution in [0, 0.1) is 0 Å². The molecule has 0 saturated heterocycles. The number of carbonyl (C=O) groups excluding carboxylic acids is 2. The molecule has 0 aliphatic carbocycles. The van der Waals surface area contributed by atoms with Crippen molar-refractivity contribution in [2.24, 2.45) is 0 Å². The van der Waals surface area contributed by atoms with Gasteiger partial charge in [0.2, 0.25) is 0 Å². The van der Waals surface area contributed by atoms with Crippen LogP contribution in [-0.2, 0) is 17.9 Å². The molecule has 0 radical (unpaired) electrons. The molecule has 182 valence electrons. The second kappa shape index (κ2) is 10.4. The number of methoxy groups -OCH3 is 3. The van der Waals surface area contributed by atoms with Crippen LogP contribution in [0.25, 0.3) is 0 Å². The minimum Gasteiger partial charge on any atom is -0.497 e. The standard InChI is InChI=1S/C27H28N2O6/c1-17-27(31)29(15-19-6-5-7-24(33-3)25(19)34-4)16-20-14-21(10-13-23(20)35-17)28-26(30)18-8-11-22(32-2)12-9-18/h5-14,17H,15-16H2,1-4H3,(H,28,30)/t17-/m0/s1. The number of nitrogens with zero attached hydrogens (tertiary/aromatic N) is 1. The van der Waals surface area contributed by atoms with E-state index in [9.17, 15) is 9.59 Å². The summed E-state index contributed by atoms with van der Waals surface area (Å²) in [6.45, 7) is 2.35. The molecule has 8 heteroatoms. The van der Waals surface area contributed by atoms with Crippen LogP contribution in [0.15, 0.2) is 60.7 Å². The summed E-state index contributed by atoms with van der Waals surface area (Å²) in [4.78, 5) is 27.5. The Hall–Kier alpha value is -4.20. The van der Waals surface area contributed by atoms with Gasteiger partial charge in [-0.2, -0.15) is 0 Å². The normalized spacial score (nSPS) is 14.9. The maximum Gasteiger partial charge on any atom is 0.263 e. The molecule has 0 fully saturated rings. The van der Waals surface area contributed by atoms with Crippen molar-refractivity contribution in [1.82, 2.24) is 4.90 Å². The van der Waals surface area contributed by atoms with Gasteiger partial charge in [0, 0.05) is 35.5 Å². The lowest BCUT2D eigenvalue weighted by molar-refractivity contribution is -0.138. The maximum atomic E-state index is 13.1. The zero-order valence-corrected chi connectivity index (χ0v) is 20.2. The summed E-state index contributed by atoms with van der Waals surface area (Å²) in [5.74, 6) is 2.07. The molecule has 35 heavy (non-hydrogen) atoms. The van der Waals surface area contributed by atoms with E-state index in [1.807, 2.05) is 24.3 Å². The molecule has 0 saturated carbocycles. The van der Waals surface area contributed by atoms with Crippen LogP contribution in [0.5, 0.6) is 23.0 Å². The summed E-state index contributed by atoms with van der Waals surface area (Å²) in [6.07, 6.45) is -0.660. The number of ether oxygens (including phenoxy) is 4. The Morgan fingerprint density at radius 3 is 2.49 bits per heavy atom. The van der Waals surface area contributed by atoms with Gasteiger partial charge in [-0.25, -0.2) is 0 Å². The highest BCUT2D eigenvalue weighted by Crippen LogP contribution is 2.34. The molecule has 4 rings (SSSR count). The summed E-state index contributed by atoms with van der Waals surface area (Å²) in [5.41, 5.74) is 2.72. The Bertz CT molecular complexity index is 1220. The molecular formula is C27H28N2O6. The van der Waals surface area contributed by atoms with E-state index in [1.54, 1.807) is 69.6 Å². The van der Waals surface area contributed by atoms with E-state index >= 15 is 0 Å². The summed E-state index contributed by atoms with van der Waals surface area (Å²) in [7, 11) is 4.73. The average Bonchev–Trinajstić information content (AvgIpc) is 2.99. The SMILES string of the molecule is COc1ccc(C(=O)Nc2ccc3c(c2)CN(Cc2cccc(OC)c2OC)C(=O)[C@H](C)O3)cc1. The summed E-state index contributed by atoms with van der Waals surface area (Å²) >= 11 is 0. The van der Waals surface area contributed by atoms with E-state index < -0.39 is 6.10 Å². The maximum absolute atomic E-state index is 13.1. The van der Waals surface area contributed by atoms with Gasteiger partial charge in [-0.3, -0.25) is 9.59 Å². The lowest BCUT2D eigenvalue weighted by Crippen LogP contribution is -2.37. The van der Waals surface area contributed by atoms with Crippen molar-refractivity contribution in [3.63, 3.8) is 0 Å². The van der Waals surface area contributed by atoms with Gasteiger partial charge < -0.3 is 29.2 Å². The molecule has 1 heterocycles. The van der Waals surface area contributed by atoms with Gasteiger partial charge in [-0.15, -0.1) is 0 Å². The third-order valence-corrected chi connectivity index (χ3v) is 5.84. The van der Waals surface area contributed by atoms with Crippen LogP contribution in [0.2, 0.25) is 0 Å². The zero-order chi connectivity index (χ0) is 24.9. The predicted molar refractivity (Wildman–Crippen MR) is 131 cm³/mol. The smallest absolute Gasteiger partial charge is 0.263 e. The van der Waals surface area contributed by atoms with Gasteiger partial charge in [0.15, 0.2) is 17.6 Å². The Labute approximate surface area is 204 Å². The minimum absolute atomic E-state index is 0.144. The fourth-order valence-electron chi connectivity index (χ4n) is 4.04. The van der Waals surface area contributed by atoms with Crippen LogP contribution in [0.3, 0.4) is 0 Å². The molecular weight excluding hydrogens is 448 g/mol. The zero-order valence-electron chi connectivity index (χ0n) is 20.2. The Morgan fingerprint density at radius 1 is 1.03 bits per heavy atom. The fraction of sp³-hybridized carbons (Fsp3) is 0.259. The number of rotatable bonds is 7. The second-order valence-corrected chi connectivity index (χ2v) is 8.11.